The molecule has 18 nitrogen and oxygen atoms in total. The third-order valence-corrected chi connectivity index (χ3v) is 18.5. The summed E-state index contributed by atoms with van der Waals surface area (Å²) < 4.78 is 70.1. The molecule has 1 spiro atoms. The number of H-pyrrole nitrogens is 1. The summed E-state index contributed by atoms with van der Waals surface area (Å²) in [4.78, 5) is 40.4. The zero-order valence-electron chi connectivity index (χ0n) is 43.5. The first-order chi connectivity index (χ1) is 36.5. The fourth-order valence-corrected chi connectivity index (χ4v) is 13.8. The number of nitrogens with zero attached hydrogens (tertiary/aromatic N) is 5. The minimum atomic E-state index is -4.78. The summed E-state index contributed by atoms with van der Waals surface area (Å²) >= 11 is 0. The number of aromatic nitrogens is 2. The molecule has 76 heavy (non-hydrogen) atoms. The van der Waals surface area contributed by atoms with Gasteiger partial charge in [-0.15, -0.1) is 0 Å². The largest absolute Gasteiger partial charge is 0.489 e. The zero-order valence-corrected chi connectivity index (χ0v) is 44.3. The van der Waals surface area contributed by atoms with E-state index in [9.17, 15) is 28.4 Å². The highest BCUT2D eigenvalue weighted by Crippen LogP contribution is 2.55. The van der Waals surface area contributed by atoms with E-state index in [2.05, 4.69) is 72.8 Å². The number of benzene rings is 3. The normalized spacial score (nSPS) is 24.2. The van der Waals surface area contributed by atoms with Gasteiger partial charge in [-0.3, -0.25) is 24.7 Å². The smallest absolute Gasteiger partial charge is 0.297 e. The van der Waals surface area contributed by atoms with Crippen molar-refractivity contribution in [1.29, 1.82) is 0 Å². The number of rotatable bonds is 15. The van der Waals surface area contributed by atoms with Crippen molar-refractivity contribution in [3.8, 4) is 23.1 Å². The second kappa shape index (κ2) is 21.1. The van der Waals surface area contributed by atoms with Gasteiger partial charge >= 0.3 is 0 Å². The lowest BCUT2D eigenvalue weighted by molar-refractivity contribution is -0.384. The third-order valence-electron chi connectivity index (χ3n) is 17.2. The quantitative estimate of drug-likeness (QED) is 0.0569. The number of aromatic amines is 1. The second-order valence-electron chi connectivity index (χ2n) is 22.5. The van der Waals surface area contributed by atoms with Crippen LogP contribution in [0.1, 0.15) is 118 Å². The molecular formula is C56H69FN8O10S. The number of hydrogen-bond donors (Lipinski definition) is 4. The molecule has 20 heteroatoms. The Morgan fingerprint density at radius 2 is 1.76 bits per heavy atom. The van der Waals surface area contributed by atoms with Gasteiger partial charge in [-0.2, -0.15) is 4.98 Å². The molecule has 2 saturated carbocycles. The molecule has 4 aliphatic heterocycles. The van der Waals surface area contributed by atoms with Crippen LogP contribution in [0, 0.1) is 27.3 Å². The fraction of sp³-hybridized carbons (Fsp3) is 0.536. The van der Waals surface area contributed by atoms with Crippen LogP contribution in [0.2, 0.25) is 0 Å². The van der Waals surface area contributed by atoms with Gasteiger partial charge in [0.2, 0.25) is 0 Å². The summed E-state index contributed by atoms with van der Waals surface area (Å²) in [5.74, 6) is -1.15. The molecule has 3 saturated heterocycles. The predicted molar refractivity (Wildman–Crippen MR) is 285 cm³/mol. The Morgan fingerprint density at radius 3 is 2.51 bits per heavy atom. The van der Waals surface area contributed by atoms with Gasteiger partial charge < -0.3 is 39.3 Å². The number of morpholine rings is 1. The van der Waals surface area contributed by atoms with E-state index >= 15 is 4.39 Å². The Morgan fingerprint density at radius 1 is 1.00 bits per heavy atom. The number of carbonyl (C=O) groups is 1. The maximum Gasteiger partial charge on any atom is 0.297 e. The Hall–Kier alpha value is -6.06. The number of nitrogens with one attached hydrogen (secondary N) is 3. The lowest BCUT2D eigenvalue weighted by atomic mass is 9.59. The summed E-state index contributed by atoms with van der Waals surface area (Å²) in [7, 11) is -4.78. The summed E-state index contributed by atoms with van der Waals surface area (Å²) in [5, 5.41) is 26.4. The van der Waals surface area contributed by atoms with E-state index in [1.165, 1.54) is 48.4 Å². The average molecular weight is 1070 g/mol. The van der Waals surface area contributed by atoms with Gasteiger partial charge in [0.25, 0.3) is 27.5 Å². The molecular weight excluding hydrogens is 996 g/mol. The van der Waals surface area contributed by atoms with Crippen LogP contribution >= 0.6 is 0 Å². The van der Waals surface area contributed by atoms with Crippen LogP contribution in [0.25, 0.3) is 11.0 Å². The molecule has 0 unspecified atom stereocenters. The van der Waals surface area contributed by atoms with Crippen LogP contribution in [0.3, 0.4) is 0 Å². The highest BCUT2D eigenvalue weighted by Gasteiger charge is 2.50. The maximum atomic E-state index is 15.2. The number of pyridine rings is 1. The lowest BCUT2D eigenvalue weighted by Gasteiger charge is -2.56. The number of anilines is 2. The molecule has 2 aromatic heterocycles. The van der Waals surface area contributed by atoms with Crippen molar-refractivity contribution < 1.29 is 46.6 Å². The molecule has 4 N–H and O–H groups in total. The summed E-state index contributed by atoms with van der Waals surface area (Å²) in [6, 6.07) is 18.1. The van der Waals surface area contributed by atoms with E-state index in [0.29, 0.717) is 63.4 Å². The number of piperidine rings is 1. The van der Waals surface area contributed by atoms with E-state index in [1.54, 1.807) is 19.1 Å². The Bertz CT molecular complexity index is 3080. The summed E-state index contributed by atoms with van der Waals surface area (Å²) in [6.45, 7) is 12.5. The third kappa shape index (κ3) is 10.7. The van der Waals surface area contributed by atoms with Gasteiger partial charge in [0.15, 0.2) is 17.2 Å². The van der Waals surface area contributed by atoms with Crippen LogP contribution in [-0.2, 0) is 14.8 Å². The number of hydrogen-bond acceptors (Lipinski definition) is 15. The molecule has 1 amide bonds. The van der Waals surface area contributed by atoms with E-state index in [0.717, 1.165) is 70.2 Å². The number of carbonyl (C=O) groups excluding carboxylic acids is 1. The van der Waals surface area contributed by atoms with Crippen LogP contribution < -0.4 is 29.1 Å². The lowest BCUT2D eigenvalue weighted by Crippen LogP contribution is -2.54. The van der Waals surface area contributed by atoms with E-state index in [4.69, 9.17) is 18.9 Å². The van der Waals surface area contributed by atoms with Crippen molar-refractivity contribution in [3.05, 3.63) is 99.5 Å². The standard InChI is InChI=1S/C56H69FN8O10S/c1-35(2)40-7-4-5-8-41(40)46-9-6-18-64(46)38-31-56(32-38)16-19-63(20-17-56)37-10-11-42(48(27-37)75-50-30-43-44(57)33-58-52(43)60-54(50)73-26-23-62-21-24-72-25-22-62)53(66)61-76(70,71)39-28-47(65(68)69)51-49(29-39)74-34-45(59-51)36-12-14-55(3,67)15-13-36/h4-5,7-8,10-11,27-30,33,35-36,38,45-46,59,67H,6,9,12-26,31-32,34H2,1-3H3,(H,58,60)(H,61,66)/t36-,45-,46+,55-/m1/s1. The number of likely N-dealkylation sites (tertiary alicyclic amines) is 1. The first-order valence-electron chi connectivity index (χ1n) is 27.1. The van der Waals surface area contributed by atoms with E-state index in [1.807, 2.05) is 0 Å². The average Bonchev–Trinajstić information content (AvgIpc) is 4.07. The number of aliphatic hydroxyl groups is 1. The number of ether oxygens (including phenoxy) is 4. The first kappa shape index (κ1) is 52.0. The molecule has 11 rings (SSSR count). The van der Waals surface area contributed by atoms with Gasteiger partial charge in [-0.05, 0) is 118 Å². The van der Waals surface area contributed by atoms with Crippen LogP contribution in [0.15, 0.2) is 71.8 Å². The van der Waals surface area contributed by atoms with Crippen LogP contribution in [0.4, 0.5) is 21.5 Å². The van der Waals surface area contributed by atoms with Gasteiger partial charge in [-0.25, -0.2) is 17.5 Å². The highest BCUT2D eigenvalue weighted by atomic mass is 32.2. The predicted octanol–water partition coefficient (Wildman–Crippen LogP) is 9.06. The van der Waals surface area contributed by atoms with E-state index in [-0.39, 0.29) is 76.0 Å². The minimum Gasteiger partial charge on any atom is -0.489 e. The topological polar surface area (TPSA) is 214 Å². The van der Waals surface area contributed by atoms with Crippen LogP contribution in [0.5, 0.6) is 23.1 Å². The number of nitro groups is 1. The number of fused-ring (bicyclic) bond motifs is 2. The molecule has 5 fully saturated rings. The second-order valence-corrected chi connectivity index (χ2v) is 24.2. The van der Waals surface area contributed by atoms with Crippen molar-refractivity contribution >= 4 is 44.0 Å². The monoisotopic (exact) mass is 1060 g/mol. The van der Waals surface area contributed by atoms with Crippen molar-refractivity contribution in [2.24, 2.45) is 11.3 Å². The van der Waals surface area contributed by atoms with Gasteiger partial charge in [-0.1, -0.05) is 38.1 Å². The summed E-state index contributed by atoms with van der Waals surface area (Å²) in [6.07, 6.45) is 10.3. The Kier molecular flexibility index (Phi) is 14.4. The molecule has 2 atom stereocenters. The number of sulfonamides is 1. The van der Waals surface area contributed by atoms with Crippen molar-refractivity contribution in [2.45, 2.75) is 120 Å². The molecule has 0 radical (unpaired) electrons. The molecule has 2 aliphatic carbocycles. The van der Waals surface area contributed by atoms with Crippen molar-refractivity contribution in [3.63, 3.8) is 0 Å². The Labute approximate surface area is 442 Å². The maximum absolute atomic E-state index is 15.2. The highest BCUT2D eigenvalue weighted by molar-refractivity contribution is 7.90. The molecule has 5 aromatic rings. The van der Waals surface area contributed by atoms with Crippen molar-refractivity contribution in [1.82, 2.24) is 24.5 Å². The number of halogens is 1. The van der Waals surface area contributed by atoms with Crippen LogP contribution in [-0.4, -0.2) is 128 Å². The molecule has 6 heterocycles. The molecule has 406 valence electrons. The SMILES string of the molecule is CC(C)c1ccccc1[C@@H]1CCCN1C1CC2(CCN(c3ccc(C(=O)NS(=O)(=O)c4cc5c(c([N+](=O)[O-])c4)N[C@@H]([C@H]4CC[C@](C)(O)CC4)CO5)c(Oc4cc5c(F)c[nH]c5nc4OCCN4CCOCC4)c3)CC2)C1. The molecule has 0 bridgehead atoms. The summed E-state index contributed by atoms with van der Waals surface area (Å²) in [5.41, 5.74) is 2.67. The zero-order chi connectivity index (χ0) is 52.9. The number of nitro benzene ring substituents is 1. The minimum absolute atomic E-state index is 0.00301. The number of amides is 1. The molecule has 6 aliphatic rings. The fourth-order valence-electron chi connectivity index (χ4n) is 12.8. The Balaban J connectivity index is 0.848. The van der Waals surface area contributed by atoms with Gasteiger partial charge in [0.1, 0.15) is 30.4 Å². The van der Waals surface area contributed by atoms with Crippen molar-refractivity contribution in [2.75, 3.05) is 75.9 Å². The molecule has 3 aromatic carbocycles. The van der Waals surface area contributed by atoms with E-state index < -0.39 is 42.9 Å². The van der Waals surface area contributed by atoms with Gasteiger partial charge in [0.05, 0.1) is 45.6 Å². The first-order valence-corrected chi connectivity index (χ1v) is 28.5. The van der Waals surface area contributed by atoms with Gasteiger partial charge in [0, 0.05) is 81.0 Å².